The molecule has 1 N–H and O–H groups in total. The van der Waals surface area contributed by atoms with Crippen molar-refractivity contribution < 1.29 is 18.3 Å². The lowest BCUT2D eigenvalue weighted by Gasteiger charge is -2.10. The summed E-state index contributed by atoms with van der Waals surface area (Å²) in [6, 6.07) is 5.97. The molecule has 6 heteroatoms. The minimum atomic E-state index is -2.93. The van der Waals surface area contributed by atoms with Gasteiger partial charge in [-0.2, -0.15) is 8.78 Å². The topological polar surface area (TPSA) is 38.3 Å². The Balaban J connectivity index is 2.61. The van der Waals surface area contributed by atoms with Crippen LogP contribution in [-0.4, -0.2) is 23.5 Å². The van der Waals surface area contributed by atoms with Crippen molar-refractivity contribution in [3.63, 3.8) is 0 Å². The van der Waals surface area contributed by atoms with Gasteiger partial charge in [-0.15, -0.1) is 0 Å². The van der Waals surface area contributed by atoms with Gasteiger partial charge in [0, 0.05) is 6.54 Å². The SMILES string of the molecule is O=C(NCCCCI)c1ccccc1OC(F)F. The summed E-state index contributed by atoms with van der Waals surface area (Å²) in [5.74, 6) is -0.487. The van der Waals surface area contributed by atoms with Crippen LogP contribution in [0.25, 0.3) is 0 Å². The Bertz CT molecular complexity index is 388. The van der Waals surface area contributed by atoms with E-state index in [2.05, 4.69) is 32.6 Å². The smallest absolute Gasteiger partial charge is 0.387 e. The number of carbonyl (C=O) groups excluding carboxylic acids is 1. The molecule has 1 amide bonds. The highest BCUT2D eigenvalue weighted by Crippen LogP contribution is 2.19. The molecule has 0 saturated carbocycles. The Kier molecular flexibility index (Phi) is 6.92. The lowest BCUT2D eigenvalue weighted by molar-refractivity contribution is -0.0501. The number of alkyl halides is 3. The van der Waals surface area contributed by atoms with Crippen LogP contribution in [0.15, 0.2) is 24.3 Å². The molecule has 0 fully saturated rings. The second-order valence-corrected chi connectivity index (χ2v) is 4.61. The van der Waals surface area contributed by atoms with Crippen molar-refractivity contribution in [1.29, 1.82) is 0 Å². The molecule has 0 bridgehead atoms. The summed E-state index contributed by atoms with van der Waals surface area (Å²) < 4.78 is 29.6. The number of amides is 1. The fraction of sp³-hybridized carbons (Fsp3) is 0.417. The molecule has 0 aliphatic heterocycles. The van der Waals surface area contributed by atoms with Gasteiger partial charge in [0.2, 0.25) is 0 Å². The Labute approximate surface area is 118 Å². The van der Waals surface area contributed by atoms with Gasteiger partial charge >= 0.3 is 6.61 Å². The van der Waals surface area contributed by atoms with E-state index in [0.29, 0.717) is 6.54 Å². The number of ether oxygens (including phenoxy) is 1. The highest BCUT2D eigenvalue weighted by molar-refractivity contribution is 14.1. The van der Waals surface area contributed by atoms with E-state index in [1.165, 1.54) is 12.1 Å². The summed E-state index contributed by atoms with van der Waals surface area (Å²) in [7, 11) is 0. The molecule has 3 nitrogen and oxygen atoms in total. The largest absolute Gasteiger partial charge is 0.434 e. The van der Waals surface area contributed by atoms with Crippen LogP contribution in [0.4, 0.5) is 8.78 Å². The van der Waals surface area contributed by atoms with E-state index in [4.69, 9.17) is 0 Å². The van der Waals surface area contributed by atoms with Gasteiger partial charge in [0.1, 0.15) is 5.75 Å². The highest BCUT2D eigenvalue weighted by atomic mass is 127. The van der Waals surface area contributed by atoms with Gasteiger partial charge in [0.25, 0.3) is 5.91 Å². The molecule has 0 radical (unpaired) electrons. The van der Waals surface area contributed by atoms with Crippen molar-refractivity contribution in [3.05, 3.63) is 29.8 Å². The summed E-state index contributed by atoms with van der Waals surface area (Å²) in [4.78, 5) is 11.8. The van der Waals surface area contributed by atoms with E-state index in [1.807, 2.05) is 0 Å². The van der Waals surface area contributed by atoms with Gasteiger partial charge in [-0.05, 0) is 29.4 Å². The zero-order valence-corrected chi connectivity index (χ0v) is 11.8. The first-order valence-corrected chi connectivity index (χ1v) is 7.05. The molecule has 0 spiro atoms. The van der Waals surface area contributed by atoms with Crippen LogP contribution >= 0.6 is 22.6 Å². The molecule has 0 unspecified atom stereocenters. The zero-order valence-electron chi connectivity index (χ0n) is 9.67. The van der Waals surface area contributed by atoms with Crippen LogP contribution in [-0.2, 0) is 0 Å². The van der Waals surface area contributed by atoms with Crippen LogP contribution in [0.2, 0.25) is 0 Å². The van der Waals surface area contributed by atoms with E-state index in [9.17, 15) is 13.6 Å². The predicted octanol–water partition coefficient (Wildman–Crippen LogP) is 3.23. The van der Waals surface area contributed by atoms with Gasteiger partial charge in [0.15, 0.2) is 0 Å². The fourth-order valence-corrected chi connectivity index (χ4v) is 1.91. The number of hydrogen-bond donors (Lipinski definition) is 1. The van der Waals surface area contributed by atoms with Gasteiger partial charge in [-0.1, -0.05) is 34.7 Å². The molecule has 1 aromatic rings. The second kappa shape index (κ2) is 8.23. The number of nitrogens with one attached hydrogen (secondary N) is 1. The Hall–Kier alpha value is -0.920. The van der Waals surface area contributed by atoms with Crippen LogP contribution in [0.3, 0.4) is 0 Å². The third-order valence-corrected chi connectivity index (χ3v) is 2.96. The highest BCUT2D eigenvalue weighted by Gasteiger charge is 2.14. The van der Waals surface area contributed by atoms with E-state index in [1.54, 1.807) is 12.1 Å². The van der Waals surface area contributed by atoms with Crippen LogP contribution in [0, 0.1) is 0 Å². The lowest BCUT2D eigenvalue weighted by Crippen LogP contribution is -2.25. The molecule has 100 valence electrons. The Morgan fingerprint density at radius 2 is 2.06 bits per heavy atom. The monoisotopic (exact) mass is 369 g/mol. The van der Waals surface area contributed by atoms with E-state index in [-0.39, 0.29) is 17.2 Å². The zero-order chi connectivity index (χ0) is 13.4. The second-order valence-electron chi connectivity index (χ2n) is 3.53. The normalized spacial score (nSPS) is 10.4. The van der Waals surface area contributed by atoms with Crippen LogP contribution in [0.5, 0.6) is 5.75 Å². The Morgan fingerprint density at radius 3 is 2.72 bits per heavy atom. The van der Waals surface area contributed by atoms with Crippen molar-refractivity contribution in [3.8, 4) is 5.75 Å². The number of rotatable bonds is 7. The first-order chi connectivity index (χ1) is 8.65. The average molecular weight is 369 g/mol. The fourth-order valence-electron chi connectivity index (χ4n) is 1.37. The molecular formula is C12H14F2INO2. The lowest BCUT2D eigenvalue weighted by atomic mass is 10.2. The maximum absolute atomic E-state index is 12.2. The van der Waals surface area contributed by atoms with E-state index < -0.39 is 6.61 Å². The summed E-state index contributed by atoms with van der Waals surface area (Å²) in [6.07, 6.45) is 1.88. The maximum atomic E-state index is 12.2. The van der Waals surface area contributed by atoms with Crippen molar-refractivity contribution in [2.24, 2.45) is 0 Å². The molecule has 1 aromatic carbocycles. The van der Waals surface area contributed by atoms with Gasteiger partial charge in [-0.25, -0.2) is 0 Å². The van der Waals surface area contributed by atoms with Crippen molar-refractivity contribution in [2.75, 3.05) is 11.0 Å². The molecule has 0 heterocycles. The van der Waals surface area contributed by atoms with Crippen LogP contribution in [0.1, 0.15) is 23.2 Å². The van der Waals surface area contributed by atoms with Crippen LogP contribution < -0.4 is 10.1 Å². The van der Waals surface area contributed by atoms with Crippen molar-refractivity contribution in [2.45, 2.75) is 19.5 Å². The van der Waals surface area contributed by atoms with Crippen molar-refractivity contribution in [1.82, 2.24) is 5.32 Å². The molecular weight excluding hydrogens is 355 g/mol. The number of halogens is 3. The molecule has 18 heavy (non-hydrogen) atoms. The maximum Gasteiger partial charge on any atom is 0.387 e. The molecule has 0 aliphatic rings. The van der Waals surface area contributed by atoms with Crippen molar-refractivity contribution >= 4 is 28.5 Å². The summed E-state index contributed by atoms with van der Waals surface area (Å²) in [6.45, 7) is -2.40. The third-order valence-electron chi connectivity index (χ3n) is 2.19. The van der Waals surface area contributed by atoms with Gasteiger partial charge < -0.3 is 10.1 Å². The third kappa shape index (κ3) is 5.16. The summed E-state index contributed by atoms with van der Waals surface area (Å²) in [5.41, 5.74) is 0.132. The minimum Gasteiger partial charge on any atom is -0.434 e. The molecule has 0 atom stereocenters. The standard InChI is InChI=1S/C12H14F2INO2/c13-12(14)18-10-6-2-1-5-9(10)11(17)16-8-4-3-7-15/h1-2,5-6,12H,3-4,7-8H2,(H,16,17). The summed E-state index contributed by atoms with van der Waals surface area (Å²) >= 11 is 2.26. The average Bonchev–Trinajstić information content (AvgIpc) is 2.34. The molecule has 1 rings (SSSR count). The quantitative estimate of drug-likeness (QED) is 0.455. The predicted molar refractivity (Wildman–Crippen MR) is 73.5 cm³/mol. The molecule has 0 aromatic heterocycles. The number of carbonyl (C=O) groups is 1. The first kappa shape index (κ1) is 15.1. The summed E-state index contributed by atoms with van der Waals surface area (Å²) in [5, 5.41) is 2.68. The minimum absolute atomic E-state index is 0.0982. The Morgan fingerprint density at radius 1 is 1.33 bits per heavy atom. The van der Waals surface area contributed by atoms with Gasteiger partial charge in [0.05, 0.1) is 5.56 Å². The number of hydrogen-bond acceptors (Lipinski definition) is 2. The van der Waals surface area contributed by atoms with E-state index in [0.717, 1.165) is 17.3 Å². The number of para-hydroxylation sites is 1. The first-order valence-electron chi connectivity index (χ1n) is 5.53. The number of benzene rings is 1. The molecule has 0 aliphatic carbocycles. The van der Waals surface area contributed by atoms with E-state index >= 15 is 0 Å². The number of unbranched alkanes of at least 4 members (excludes halogenated alkanes) is 1. The van der Waals surface area contributed by atoms with Gasteiger partial charge in [-0.3, -0.25) is 4.79 Å². The molecule has 0 saturated heterocycles.